The van der Waals surface area contributed by atoms with Gasteiger partial charge in [-0.2, -0.15) is 0 Å². The van der Waals surface area contributed by atoms with Gasteiger partial charge in [0.25, 0.3) is 0 Å². The van der Waals surface area contributed by atoms with E-state index in [4.69, 9.17) is 0 Å². The minimum atomic E-state index is -0.711. The quantitative estimate of drug-likeness (QED) is 0.604. The largest absolute Gasteiger partial charge is 0.464 e. The van der Waals surface area contributed by atoms with Crippen LogP contribution in [0.1, 0.15) is 10.5 Å². The Hall–Kier alpha value is -1.32. The molecule has 0 aliphatic carbocycles. The Kier molecular flexibility index (Phi) is 2.25. The van der Waals surface area contributed by atoms with Crippen LogP contribution in [0.5, 0.6) is 0 Å². The number of methoxy groups -OCH3 is 1. The van der Waals surface area contributed by atoms with E-state index in [2.05, 4.69) is 4.74 Å². The number of halogens is 1. The smallest absolute Gasteiger partial charge is 0.354 e. The van der Waals surface area contributed by atoms with E-state index in [0.29, 0.717) is 0 Å². The van der Waals surface area contributed by atoms with Gasteiger partial charge in [0.05, 0.1) is 7.11 Å². The molecule has 1 rings (SSSR count). The van der Waals surface area contributed by atoms with Crippen molar-refractivity contribution in [2.24, 2.45) is 0 Å². The number of hydrogen-bond acceptors (Lipinski definition) is 2. The van der Waals surface area contributed by atoms with Crippen LogP contribution in [0.2, 0.25) is 0 Å². The van der Waals surface area contributed by atoms with Crippen LogP contribution in [0.25, 0.3) is 0 Å². The highest BCUT2D eigenvalue weighted by atomic mass is 19.1. The third-order valence-electron chi connectivity index (χ3n) is 1.35. The molecule has 0 bridgehead atoms. The second-order valence-electron chi connectivity index (χ2n) is 1.97. The Balaban J connectivity index is 2.92. The Bertz CT molecular complexity index is 257. The third-order valence-corrected chi connectivity index (χ3v) is 1.35. The molecule has 3 nitrogen and oxygen atoms in total. The molecule has 0 aliphatic rings. The van der Waals surface area contributed by atoms with Crippen molar-refractivity contribution in [1.82, 2.24) is 4.57 Å². The number of carbonyl (C=O) groups excluding carboxylic acids is 1. The lowest BCUT2D eigenvalue weighted by Gasteiger charge is -2.00. The summed E-state index contributed by atoms with van der Waals surface area (Å²) in [5.41, 5.74) is 0.231. The summed E-state index contributed by atoms with van der Waals surface area (Å²) >= 11 is 0. The van der Waals surface area contributed by atoms with Crippen molar-refractivity contribution in [3.05, 3.63) is 24.0 Å². The molecule has 0 fully saturated rings. The summed E-state index contributed by atoms with van der Waals surface area (Å²) in [6.07, 6.45) is 1.48. The molecule has 1 aromatic heterocycles. The van der Waals surface area contributed by atoms with Gasteiger partial charge < -0.3 is 9.30 Å². The molecule has 4 heteroatoms. The van der Waals surface area contributed by atoms with E-state index in [1.165, 1.54) is 23.9 Å². The molecule has 0 aliphatic heterocycles. The first-order valence-electron chi connectivity index (χ1n) is 3.09. The molecule has 0 saturated carbocycles. The Labute approximate surface area is 63.4 Å². The molecule has 1 heterocycles. The summed E-state index contributed by atoms with van der Waals surface area (Å²) in [7, 11) is 1.26. The zero-order chi connectivity index (χ0) is 8.27. The minimum Gasteiger partial charge on any atom is -0.464 e. The lowest BCUT2D eigenvalue weighted by atomic mass is 10.4. The minimum absolute atomic E-state index is 0.231. The van der Waals surface area contributed by atoms with Gasteiger partial charge in [-0.1, -0.05) is 0 Å². The van der Waals surface area contributed by atoms with Gasteiger partial charge in [-0.05, 0) is 12.1 Å². The SMILES string of the molecule is COC(=O)c1cccn1CF. The number of nitrogens with zero attached hydrogens (tertiary/aromatic N) is 1. The van der Waals surface area contributed by atoms with E-state index in [9.17, 15) is 9.18 Å². The number of hydrogen-bond donors (Lipinski definition) is 0. The molecule has 0 radical (unpaired) electrons. The first-order chi connectivity index (χ1) is 5.29. The van der Waals surface area contributed by atoms with Crippen LogP contribution < -0.4 is 0 Å². The van der Waals surface area contributed by atoms with Crippen molar-refractivity contribution >= 4 is 5.97 Å². The third kappa shape index (κ3) is 1.39. The van der Waals surface area contributed by atoms with Gasteiger partial charge in [-0.15, -0.1) is 0 Å². The lowest BCUT2D eigenvalue weighted by Crippen LogP contribution is -2.08. The molecule has 0 spiro atoms. The normalized spacial score (nSPS) is 9.64. The Morgan fingerprint density at radius 3 is 3.09 bits per heavy atom. The van der Waals surface area contributed by atoms with Crippen molar-refractivity contribution in [3.63, 3.8) is 0 Å². The van der Waals surface area contributed by atoms with E-state index in [1.54, 1.807) is 6.07 Å². The topological polar surface area (TPSA) is 31.2 Å². The predicted molar refractivity (Wildman–Crippen MR) is 36.9 cm³/mol. The van der Waals surface area contributed by atoms with Gasteiger partial charge >= 0.3 is 5.97 Å². The van der Waals surface area contributed by atoms with Crippen LogP contribution in [0.15, 0.2) is 18.3 Å². The molecule has 0 saturated heterocycles. The number of ether oxygens (including phenoxy) is 1. The molecular formula is C7H8FNO2. The monoisotopic (exact) mass is 157 g/mol. The summed E-state index contributed by atoms with van der Waals surface area (Å²) in [4.78, 5) is 10.8. The first kappa shape index (κ1) is 7.78. The van der Waals surface area contributed by atoms with Gasteiger partial charge in [-0.25, -0.2) is 9.18 Å². The average molecular weight is 157 g/mol. The van der Waals surface area contributed by atoms with Crippen LogP contribution in [0.3, 0.4) is 0 Å². The van der Waals surface area contributed by atoms with Crippen LogP contribution in [-0.4, -0.2) is 17.6 Å². The Morgan fingerprint density at radius 2 is 2.55 bits per heavy atom. The van der Waals surface area contributed by atoms with Crippen molar-refractivity contribution in [2.75, 3.05) is 7.11 Å². The maximum atomic E-state index is 12.1. The number of carbonyl (C=O) groups is 1. The van der Waals surface area contributed by atoms with Crippen LogP contribution in [0, 0.1) is 0 Å². The zero-order valence-corrected chi connectivity index (χ0v) is 6.08. The molecule has 0 atom stereocenters. The van der Waals surface area contributed by atoms with Gasteiger partial charge in [0.2, 0.25) is 0 Å². The molecule has 1 aromatic rings. The van der Waals surface area contributed by atoms with Crippen molar-refractivity contribution in [2.45, 2.75) is 6.80 Å². The van der Waals surface area contributed by atoms with Crippen LogP contribution >= 0.6 is 0 Å². The van der Waals surface area contributed by atoms with E-state index in [1.807, 2.05) is 0 Å². The maximum Gasteiger partial charge on any atom is 0.354 e. The summed E-state index contributed by atoms with van der Waals surface area (Å²) < 4.78 is 17.7. The molecule has 60 valence electrons. The van der Waals surface area contributed by atoms with Crippen molar-refractivity contribution in [3.8, 4) is 0 Å². The first-order valence-corrected chi connectivity index (χ1v) is 3.09. The summed E-state index contributed by atoms with van der Waals surface area (Å²) in [5.74, 6) is -0.521. The highest BCUT2D eigenvalue weighted by Gasteiger charge is 2.09. The number of esters is 1. The summed E-state index contributed by atoms with van der Waals surface area (Å²) in [6.45, 7) is -0.711. The van der Waals surface area contributed by atoms with Gasteiger partial charge in [0.15, 0.2) is 6.80 Å². The van der Waals surface area contributed by atoms with E-state index < -0.39 is 12.8 Å². The van der Waals surface area contributed by atoms with Crippen LogP contribution in [0.4, 0.5) is 4.39 Å². The van der Waals surface area contributed by atoms with Crippen molar-refractivity contribution in [1.29, 1.82) is 0 Å². The van der Waals surface area contributed by atoms with E-state index in [-0.39, 0.29) is 5.69 Å². The number of aromatic nitrogens is 1. The predicted octanol–water partition coefficient (Wildman–Crippen LogP) is 1.20. The summed E-state index contributed by atoms with van der Waals surface area (Å²) in [6, 6.07) is 3.09. The molecule has 0 N–H and O–H groups in total. The number of alkyl halides is 1. The molecule has 0 aromatic carbocycles. The fraction of sp³-hybridized carbons (Fsp3) is 0.286. The molecule has 0 unspecified atom stereocenters. The standard InChI is InChI=1S/C7H8FNO2/c1-11-7(10)6-3-2-4-9(6)5-8/h2-4H,5H2,1H3. The van der Waals surface area contributed by atoms with Gasteiger partial charge in [0.1, 0.15) is 5.69 Å². The second-order valence-corrected chi connectivity index (χ2v) is 1.97. The van der Waals surface area contributed by atoms with E-state index in [0.717, 1.165) is 0 Å². The average Bonchev–Trinajstić information content (AvgIpc) is 2.50. The fourth-order valence-electron chi connectivity index (χ4n) is 0.808. The van der Waals surface area contributed by atoms with Crippen LogP contribution in [-0.2, 0) is 11.5 Å². The van der Waals surface area contributed by atoms with E-state index >= 15 is 0 Å². The number of rotatable bonds is 2. The maximum absolute atomic E-state index is 12.1. The Morgan fingerprint density at radius 1 is 1.82 bits per heavy atom. The fourth-order valence-corrected chi connectivity index (χ4v) is 0.808. The lowest BCUT2D eigenvalue weighted by molar-refractivity contribution is 0.0584. The second kappa shape index (κ2) is 3.18. The molecule has 0 amide bonds. The van der Waals surface area contributed by atoms with Gasteiger partial charge in [0, 0.05) is 6.20 Å². The molecule has 11 heavy (non-hydrogen) atoms. The summed E-state index contributed by atoms with van der Waals surface area (Å²) in [5, 5.41) is 0. The zero-order valence-electron chi connectivity index (χ0n) is 6.08. The van der Waals surface area contributed by atoms with Gasteiger partial charge in [-0.3, -0.25) is 0 Å². The van der Waals surface area contributed by atoms with Crippen molar-refractivity contribution < 1.29 is 13.9 Å². The highest BCUT2D eigenvalue weighted by Crippen LogP contribution is 2.03. The molecular weight excluding hydrogens is 149 g/mol. The highest BCUT2D eigenvalue weighted by molar-refractivity contribution is 5.87.